The number of hydrogen-bond donors (Lipinski definition) is 2. The second-order valence-corrected chi connectivity index (χ2v) is 8.34. The Balaban J connectivity index is 1.78. The van der Waals surface area contributed by atoms with Crippen molar-refractivity contribution in [1.29, 1.82) is 0 Å². The molecule has 2 N–H and O–H groups in total. The quantitative estimate of drug-likeness (QED) is 0.856. The van der Waals surface area contributed by atoms with Crippen LogP contribution in [0.25, 0.3) is 0 Å². The Kier molecular flexibility index (Phi) is 5.15. The third-order valence-electron chi connectivity index (χ3n) is 4.14. The number of rotatable bonds is 5. The van der Waals surface area contributed by atoms with E-state index in [1.807, 2.05) is 30.3 Å². The number of hydrogen-bond acceptors (Lipinski definition) is 4. The van der Waals surface area contributed by atoms with Gasteiger partial charge in [-0.2, -0.15) is 0 Å². The van der Waals surface area contributed by atoms with Crippen molar-refractivity contribution in [1.82, 2.24) is 5.32 Å². The summed E-state index contributed by atoms with van der Waals surface area (Å²) in [5.74, 6) is -0.541. The van der Waals surface area contributed by atoms with Gasteiger partial charge in [-0.1, -0.05) is 30.3 Å². The topological polar surface area (TPSA) is 75.3 Å². The van der Waals surface area contributed by atoms with Crippen molar-refractivity contribution in [3.63, 3.8) is 0 Å². The zero-order chi connectivity index (χ0) is 17.9. The van der Waals surface area contributed by atoms with Gasteiger partial charge in [0.2, 0.25) is 5.91 Å². The van der Waals surface area contributed by atoms with Crippen LogP contribution in [0, 0.1) is 5.82 Å². The van der Waals surface area contributed by atoms with Crippen molar-refractivity contribution < 1.29 is 17.6 Å². The molecule has 2 aromatic carbocycles. The normalized spacial score (nSPS) is 20.1. The van der Waals surface area contributed by atoms with Crippen molar-refractivity contribution in [2.45, 2.75) is 18.5 Å². The largest absolute Gasteiger partial charge is 0.324 e. The Labute approximate surface area is 146 Å². The fraction of sp³-hybridized carbons (Fsp3) is 0.278. The molecule has 2 atom stereocenters. The van der Waals surface area contributed by atoms with Gasteiger partial charge in [0.25, 0.3) is 0 Å². The highest BCUT2D eigenvalue weighted by Crippen LogP contribution is 2.20. The van der Waals surface area contributed by atoms with E-state index in [9.17, 15) is 17.6 Å². The zero-order valence-corrected chi connectivity index (χ0v) is 14.3. The highest BCUT2D eigenvalue weighted by atomic mass is 32.2. The van der Waals surface area contributed by atoms with Crippen molar-refractivity contribution in [3.05, 3.63) is 66.0 Å². The third kappa shape index (κ3) is 4.64. The summed E-state index contributed by atoms with van der Waals surface area (Å²) in [5, 5.41) is 5.90. The van der Waals surface area contributed by atoms with Crippen LogP contribution in [-0.4, -0.2) is 31.9 Å². The molecular formula is C18H19FN2O3S. The number of nitrogens with one attached hydrogen (secondary N) is 2. The highest BCUT2D eigenvalue weighted by molar-refractivity contribution is 7.91. The van der Waals surface area contributed by atoms with Crippen LogP contribution in [0.3, 0.4) is 0 Å². The van der Waals surface area contributed by atoms with E-state index in [0.29, 0.717) is 12.1 Å². The first-order valence-electron chi connectivity index (χ1n) is 8.01. The summed E-state index contributed by atoms with van der Waals surface area (Å²) in [5.41, 5.74) is 1.22. The predicted molar refractivity (Wildman–Crippen MR) is 94.4 cm³/mol. The van der Waals surface area contributed by atoms with E-state index >= 15 is 0 Å². The first kappa shape index (κ1) is 17.6. The van der Waals surface area contributed by atoms with Gasteiger partial charge in [-0.05, 0) is 36.2 Å². The minimum absolute atomic E-state index is 0.0279. The fourth-order valence-corrected chi connectivity index (χ4v) is 4.56. The standard InChI is InChI=1S/C18H19FN2O3S/c19-14-6-8-15(9-7-14)21-18(22)17(13-4-2-1-3-5-13)20-16-10-11-25(23,24)12-16/h1-9,16-17,20H,10-12H2,(H,21,22)/t16-,17+/m0/s1. The summed E-state index contributed by atoms with van der Waals surface area (Å²) in [6.45, 7) is 0. The highest BCUT2D eigenvalue weighted by Gasteiger charge is 2.32. The fourth-order valence-electron chi connectivity index (χ4n) is 2.88. The van der Waals surface area contributed by atoms with E-state index in [1.165, 1.54) is 24.3 Å². The molecule has 0 aliphatic carbocycles. The van der Waals surface area contributed by atoms with Crippen LogP contribution < -0.4 is 10.6 Å². The smallest absolute Gasteiger partial charge is 0.246 e. The molecule has 1 amide bonds. The first-order valence-corrected chi connectivity index (χ1v) is 9.83. The molecule has 3 rings (SSSR count). The molecule has 0 bridgehead atoms. The van der Waals surface area contributed by atoms with Crippen LogP contribution in [0.15, 0.2) is 54.6 Å². The number of amides is 1. The van der Waals surface area contributed by atoms with Crippen LogP contribution in [0.4, 0.5) is 10.1 Å². The number of halogens is 1. The maximum Gasteiger partial charge on any atom is 0.246 e. The molecule has 2 aromatic rings. The van der Waals surface area contributed by atoms with Gasteiger partial charge in [0.05, 0.1) is 11.5 Å². The molecule has 0 radical (unpaired) electrons. The van der Waals surface area contributed by atoms with E-state index in [0.717, 1.165) is 5.56 Å². The van der Waals surface area contributed by atoms with Crippen molar-refractivity contribution >= 4 is 21.4 Å². The van der Waals surface area contributed by atoms with E-state index in [-0.39, 0.29) is 29.3 Å². The molecule has 0 spiro atoms. The van der Waals surface area contributed by atoms with Crippen molar-refractivity contribution in [3.8, 4) is 0 Å². The van der Waals surface area contributed by atoms with Gasteiger partial charge in [0, 0.05) is 11.7 Å². The molecular weight excluding hydrogens is 343 g/mol. The second kappa shape index (κ2) is 7.33. The molecule has 1 saturated heterocycles. The summed E-state index contributed by atoms with van der Waals surface area (Å²) in [4.78, 5) is 12.7. The van der Waals surface area contributed by atoms with Gasteiger partial charge in [0.15, 0.2) is 9.84 Å². The average molecular weight is 362 g/mol. The van der Waals surface area contributed by atoms with Gasteiger partial charge in [0.1, 0.15) is 11.9 Å². The van der Waals surface area contributed by atoms with Gasteiger partial charge in [-0.25, -0.2) is 12.8 Å². The van der Waals surface area contributed by atoms with Crippen LogP contribution in [0.2, 0.25) is 0 Å². The van der Waals surface area contributed by atoms with E-state index in [4.69, 9.17) is 0 Å². The molecule has 0 saturated carbocycles. The maximum absolute atomic E-state index is 13.0. The van der Waals surface area contributed by atoms with Crippen molar-refractivity contribution in [2.24, 2.45) is 0 Å². The maximum atomic E-state index is 13.0. The monoisotopic (exact) mass is 362 g/mol. The molecule has 1 aliphatic heterocycles. The molecule has 0 aromatic heterocycles. The number of carbonyl (C=O) groups is 1. The summed E-state index contributed by atoms with van der Waals surface area (Å²) >= 11 is 0. The number of carbonyl (C=O) groups excluding carboxylic acids is 1. The molecule has 132 valence electrons. The molecule has 25 heavy (non-hydrogen) atoms. The van der Waals surface area contributed by atoms with Crippen LogP contribution >= 0.6 is 0 Å². The predicted octanol–water partition coefficient (Wildman–Crippen LogP) is 2.28. The van der Waals surface area contributed by atoms with E-state index in [1.54, 1.807) is 0 Å². The number of benzene rings is 2. The molecule has 1 aliphatic rings. The van der Waals surface area contributed by atoms with Gasteiger partial charge >= 0.3 is 0 Å². The molecule has 0 unspecified atom stereocenters. The average Bonchev–Trinajstić information content (AvgIpc) is 2.94. The Bertz CT molecular complexity index is 838. The van der Waals surface area contributed by atoms with Crippen LogP contribution in [0.1, 0.15) is 18.0 Å². The Morgan fingerprint density at radius 2 is 1.76 bits per heavy atom. The Hall–Kier alpha value is -2.25. The summed E-state index contributed by atoms with van der Waals surface area (Å²) < 4.78 is 36.4. The van der Waals surface area contributed by atoms with Gasteiger partial charge in [-0.15, -0.1) is 0 Å². The second-order valence-electron chi connectivity index (χ2n) is 6.11. The minimum atomic E-state index is -3.05. The Morgan fingerprint density at radius 1 is 1.08 bits per heavy atom. The minimum Gasteiger partial charge on any atom is -0.324 e. The molecule has 1 fully saturated rings. The molecule has 5 nitrogen and oxygen atoms in total. The van der Waals surface area contributed by atoms with E-state index < -0.39 is 15.9 Å². The summed E-state index contributed by atoms with van der Waals surface area (Å²) in [6.07, 6.45) is 0.482. The lowest BCUT2D eigenvalue weighted by Gasteiger charge is -2.22. The van der Waals surface area contributed by atoms with Gasteiger partial charge in [-0.3, -0.25) is 10.1 Å². The van der Waals surface area contributed by atoms with Crippen LogP contribution in [-0.2, 0) is 14.6 Å². The van der Waals surface area contributed by atoms with Crippen molar-refractivity contribution in [2.75, 3.05) is 16.8 Å². The lowest BCUT2D eigenvalue weighted by atomic mass is 10.0. The van der Waals surface area contributed by atoms with Gasteiger partial charge < -0.3 is 5.32 Å². The molecule has 7 heteroatoms. The van der Waals surface area contributed by atoms with Crippen LogP contribution in [0.5, 0.6) is 0 Å². The third-order valence-corrected chi connectivity index (χ3v) is 5.91. The Morgan fingerprint density at radius 3 is 2.36 bits per heavy atom. The lowest BCUT2D eigenvalue weighted by Crippen LogP contribution is -2.40. The number of sulfone groups is 1. The van der Waals surface area contributed by atoms with E-state index in [2.05, 4.69) is 10.6 Å². The molecule has 1 heterocycles. The first-order chi connectivity index (χ1) is 11.9. The summed E-state index contributed by atoms with van der Waals surface area (Å²) in [6, 6.07) is 13.6. The number of anilines is 1. The summed E-state index contributed by atoms with van der Waals surface area (Å²) in [7, 11) is -3.05. The zero-order valence-electron chi connectivity index (χ0n) is 13.5. The lowest BCUT2D eigenvalue weighted by molar-refractivity contribution is -0.118. The SMILES string of the molecule is O=C(Nc1ccc(F)cc1)[C@H](N[C@H]1CCS(=O)(=O)C1)c1ccccc1.